The highest BCUT2D eigenvalue weighted by Gasteiger charge is 2.31. The lowest BCUT2D eigenvalue weighted by atomic mass is 9.75. The van der Waals surface area contributed by atoms with Gasteiger partial charge in [0.25, 0.3) is 5.91 Å². The van der Waals surface area contributed by atoms with Gasteiger partial charge in [-0.3, -0.25) is 4.79 Å². The van der Waals surface area contributed by atoms with E-state index >= 15 is 0 Å². The molecule has 2 rings (SSSR count). The van der Waals surface area contributed by atoms with Gasteiger partial charge in [-0.05, 0) is 46.9 Å². The number of thiophene rings is 1. The van der Waals surface area contributed by atoms with Crippen molar-refractivity contribution in [2.75, 3.05) is 11.9 Å². The summed E-state index contributed by atoms with van der Waals surface area (Å²) in [7, 11) is 0. The zero-order valence-electron chi connectivity index (χ0n) is 10.2. The minimum atomic E-state index is 0.0695. The van der Waals surface area contributed by atoms with E-state index in [0.717, 1.165) is 20.3 Å². The monoisotopic (exact) mass is 441 g/mol. The number of carbonyl (C=O) groups is 1. The van der Waals surface area contributed by atoms with E-state index in [1.54, 1.807) is 11.3 Å². The molecule has 0 bridgehead atoms. The molecule has 1 saturated carbocycles. The highest BCUT2D eigenvalue weighted by Crippen LogP contribution is 2.37. The average molecular weight is 442 g/mol. The first kappa shape index (κ1) is 14.8. The lowest BCUT2D eigenvalue weighted by molar-refractivity contribution is 0.0922. The largest absolute Gasteiger partial charge is 0.351 e. The molecule has 100 valence electrons. The minimum Gasteiger partial charge on any atom is -0.351 e. The molecule has 0 unspecified atom stereocenters. The van der Waals surface area contributed by atoms with Crippen molar-refractivity contribution in [2.45, 2.75) is 32.1 Å². The van der Waals surface area contributed by atoms with Gasteiger partial charge in [0.15, 0.2) is 0 Å². The van der Waals surface area contributed by atoms with E-state index < -0.39 is 0 Å². The summed E-state index contributed by atoms with van der Waals surface area (Å²) in [5, 5.41) is 6.03. The van der Waals surface area contributed by atoms with Crippen LogP contribution in [-0.2, 0) is 0 Å². The smallest absolute Gasteiger partial charge is 0.252 e. The maximum atomic E-state index is 12.0. The molecule has 1 aliphatic rings. The molecule has 1 amide bonds. The summed E-state index contributed by atoms with van der Waals surface area (Å²) in [5.74, 6) is 0.0695. The molecule has 18 heavy (non-hydrogen) atoms. The van der Waals surface area contributed by atoms with Gasteiger partial charge < -0.3 is 5.32 Å². The Kier molecular flexibility index (Phi) is 5.50. The molecular weight excluding hydrogens is 425 g/mol. The molecule has 0 saturated heterocycles. The van der Waals surface area contributed by atoms with Gasteiger partial charge in [-0.2, -0.15) is 0 Å². The number of amides is 1. The molecule has 1 heterocycles. The third-order valence-corrected chi connectivity index (χ3v) is 6.63. The SMILES string of the molecule is O=C(NCC1(CBr)CCCCC1)c1csc(I)c1. The highest BCUT2D eigenvalue weighted by molar-refractivity contribution is 14.1. The quantitative estimate of drug-likeness (QED) is 0.543. The van der Waals surface area contributed by atoms with Gasteiger partial charge in [0.2, 0.25) is 0 Å². The van der Waals surface area contributed by atoms with E-state index in [2.05, 4.69) is 43.8 Å². The van der Waals surface area contributed by atoms with Crippen molar-refractivity contribution in [2.24, 2.45) is 5.41 Å². The van der Waals surface area contributed by atoms with Crippen LogP contribution in [-0.4, -0.2) is 17.8 Å². The molecule has 0 aliphatic heterocycles. The topological polar surface area (TPSA) is 29.1 Å². The first-order chi connectivity index (χ1) is 8.65. The van der Waals surface area contributed by atoms with Gasteiger partial charge in [0.1, 0.15) is 0 Å². The zero-order chi connectivity index (χ0) is 13.0. The van der Waals surface area contributed by atoms with Gasteiger partial charge >= 0.3 is 0 Å². The van der Waals surface area contributed by atoms with Crippen LogP contribution in [0.15, 0.2) is 11.4 Å². The van der Waals surface area contributed by atoms with Crippen LogP contribution in [0.2, 0.25) is 0 Å². The molecule has 5 heteroatoms. The third-order valence-electron chi connectivity index (χ3n) is 3.65. The lowest BCUT2D eigenvalue weighted by Gasteiger charge is -2.35. The fourth-order valence-corrected chi connectivity index (χ4v) is 4.54. The standard InChI is InChI=1S/C13H17BrINOS/c14-8-13(4-2-1-3-5-13)9-16-12(17)10-6-11(15)18-7-10/h6-7H,1-5,8-9H2,(H,16,17). The summed E-state index contributed by atoms with van der Waals surface area (Å²) in [5.41, 5.74) is 1.07. The molecule has 1 aromatic rings. The van der Waals surface area contributed by atoms with Gasteiger partial charge in [-0.15, -0.1) is 11.3 Å². The molecule has 0 aromatic carbocycles. The van der Waals surface area contributed by atoms with E-state index in [4.69, 9.17) is 0 Å². The fourth-order valence-electron chi connectivity index (χ4n) is 2.46. The third kappa shape index (κ3) is 3.70. The molecule has 2 nitrogen and oxygen atoms in total. The van der Waals surface area contributed by atoms with E-state index in [-0.39, 0.29) is 11.3 Å². The second-order valence-electron chi connectivity index (χ2n) is 5.02. The van der Waals surface area contributed by atoms with Gasteiger partial charge in [-0.25, -0.2) is 0 Å². The molecule has 1 aliphatic carbocycles. The molecular formula is C13H17BrINOS. The predicted molar refractivity (Wildman–Crippen MR) is 88.7 cm³/mol. The maximum absolute atomic E-state index is 12.0. The summed E-state index contributed by atoms with van der Waals surface area (Å²) in [6.07, 6.45) is 6.36. The number of alkyl halides is 1. The van der Waals surface area contributed by atoms with Crippen LogP contribution in [0.25, 0.3) is 0 Å². The van der Waals surface area contributed by atoms with Crippen molar-refractivity contribution >= 4 is 55.8 Å². The van der Waals surface area contributed by atoms with Gasteiger partial charge in [0, 0.05) is 17.3 Å². The number of nitrogens with one attached hydrogen (secondary N) is 1. The van der Waals surface area contributed by atoms with Crippen LogP contribution in [0, 0.1) is 8.30 Å². The number of rotatable bonds is 4. The maximum Gasteiger partial charge on any atom is 0.252 e. The molecule has 0 spiro atoms. The fraction of sp³-hybridized carbons (Fsp3) is 0.615. The summed E-state index contributed by atoms with van der Waals surface area (Å²) < 4.78 is 1.16. The number of hydrogen-bond donors (Lipinski definition) is 1. The Morgan fingerprint density at radius 3 is 2.72 bits per heavy atom. The molecule has 0 radical (unpaired) electrons. The summed E-state index contributed by atoms with van der Waals surface area (Å²) in [6.45, 7) is 0.795. The minimum absolute atomic E-state index is 0.0695. The van der Waals surface area contributed by atoms with Crippen LogP contribution in [0.1, 0.15) is 42.5 Å². The molecule has 1 fully saturated rings. The second-order valence-corrected chi connectivity index (χ2v) is 8.38. The predicted octanol–water partition coefficient (Wildman–Crippen LogP) is 4.43. The van der Waals surface area contributed by atoms with Crippen LogP contribution in [0.4, 0.5) is 0 Å². The van der Waals surface area contributed by atoms with E-state index in [9.17, 15) is 4.79 Å². The first-order valence-electron chi connectivity index (χ1n) is 6.23. The van der Waals surface area contributed by atoms with Crippen molar-refractivity contribution in [3.05, 3.63) is 19.9 Å². The summed E-state index contributed by atoms with van der Waals surface area (Å²) in [4.78, 5) is 12.0. The summed E-state index contributed by atoms with van der Waals surface area (Å²) in [6, 6.07) is 1.95. The molecule has 0 atom stereocenters. The Hall–Kier alpha value is 0.380. The normalized spacial score (nSPS) is 18.6. The van der Waals surface area contributed by atoms with E-state index in [0.29, 0.717) is 0 Å². The van der Waals surface area contributed by atoms with Gasteiger partial charge in [-0.1, -0.05) is 35.2 Å². The van der Waals surface area contributed by atoms with E-state index in [1.165, 1.54) is 32.1 Å². The van der Waals surface area contributed by atoms with Gasteiger partial charge in [0.05, 0.1) is 8.45 Å². The Morgan fingerprint density at radius 1 is 1.44 bits per heavy atom. The number of hydrogen-bond acceptors (Lipinski definition) is 2. The lowest BCUT2D eigenvalue weighted by Crippen LogP contribution is -2.40. The Balaban J connectivity index is 1.91. The van der Waals surface area contributed by atoms with Crippen LogP contribution < -0.4 is 5.32 Å². The second kappa shape index (κ2) is 6.70. The van der Waals surface area contributed by atoms with E-state index in [1.807, 2.05) is 11.4 Å². The van der Waals surface area contributed by atoms with Crippen molar-refractivity contribution < 1.29 is 4.79 Å². The van der Waals surface area contributed by atoms with Crippen LogP contribution in [0.3, 0.4) is 0 Å². The Labute approximate surface area is 134 Å². The van der Waals surface area contributed by atoms with Crippen molar-refractivity contribution in [1.82, 2.24) is 5.32 Å². The summed E-state index contributed by atoms with van der Waals surface area (Å²) >= 11 is 7.49. The number of carbonyl (C=O) groups excluding carboxylic acids is 1. The van der Waals surface area contributed by atoms with Crippen LogP contribution in [0.5, 0.6) is 0 Å². The number of halogens is 2. The zero-order valence-corrected chi connectivity index (χ0v) is 14.7. The van der Waals surface area contributed by atoms with Crippen LogP contribution >= 0.6 is 49.9 Å². The van der Waals surface area contributed by atoms with Crippen molar-refractivity contribution in [3.63, 3.8) is 0 Å². The Morgan fingerprint density at radius 2 is 2.17 bits per heavy atom. The van der Waals surface area contributed by atoms with Crippen molar-refractivity contribution in [3.8, 4) is 0 Å². The highest BCUT2D eigenvalue weighted by atomic mass is 127. The average Bonchev–Trinajstić information content (AvgIpc) is 2.84. The van der Waals surface area contributed by atoms with Crippen molar-refractivity contribution in [1.29, 1.82) is 0 Å². The Bertz CT molecular complexity index is 415. The molecule has 1 aromatic heterocycles. The molecule has 1 N–H and O–H groups in total. The first-order valence-corrected chi connectivity index (χ1v) is 9.31.